The molecule has 0 radical (unpaired) electrons. The highest BCUT2D eigenvalue weighted by Gasteiger charge is 2.19. The van der Waals surface area contributed by atoms with Crippen LogP contribution in [0.25, 0.3) is 21.9 Å². The molecule has 3 heteroatoms. The van der Waals surface area contributed by atoms with Crippen LogP contribution < -0.4 is 9.47 Å². The van der Waals surface area contributed by atoms with E-state index < -0.39 is 0 Å². The van der Waals surface area contributed by atoms with Crippen molar-refractivity contribution in [3.8, 4) is 0 Å². The molecule has 0 unspecified atom stereocenters. The Bertz CT molecular complexity index is 960. The number of thiazole rings is 1. The first-order chi connectivity index (χ1) is 12.6. The van der Waals surface area contributed by atoms with Gasteiger partial charge >= 0.3 is 0 Å². The molecular weight excluding hydrogens is 336 g/mol. The van der Waals surface area contributed by atoms with Crippen molar-refractivity contribution in [2.45, 2.75) is 13.5 Å². The third-order valence-electron chi connectivity index (χ3n) is 4.30. The van der Waals surface area contributed by atoms with Crippen molar-refractivity contribution in [3.63, 3.8) is 0 Å². The number of aromatic nitrogens is 1. The van der Waals surface area contributed by atoms with E-state index in [0.717, 1.165) is 6.54 Å². The van der Waals surface area contributed by atoms with Crippen LogP contribution in [-0.4, -0.2) is 14.1 Å². The maximum Gasteiger partial charge on any atom is 0.265 e. The van der Waals surface area contributed by atoms with Gasteiger partial charge in [0.25, 0.3) is 5.01 Å². The minimum Gasteiger partial charge on any atom is -0.378 e. The summed E-state index contributed by atoms with van der Waals surface area (Å²) in [5, 5.41) is 1.28. The lowest BCUT2D eigenvalue weighted by Crippen LogP contribution is -2.34. The van der Waals surface area contributed by atoms with Crippen molar-refractivity contribution < 1.29 is 4.57 Å². The van der Waals surface area contributed by atoms with Crippen molar-refractivity contribution in [2.75, 3.05) is 19.0 Å². The van der Waals surface area contributed by atoms with Crippen LogP contribution in [0, 0.1) is 0 Å². The van der Waals surface area contributed by atoms with Gasteiger partial charge < -0.3 is 4.90 Å². The van der Waals surface area contributed by atoms with Crippen molar-refractivity contribution in [2.24, 2.45) is 0 Å². The van der Waals surface area contributed by atoms with Gasteiger partial charge in [-0.15, -0.1) is 0 Å². The number of allylic oxidation sites excluding steroid dienone is 4. The molecule has 2 nitrogen and oxygen atoms in total. The zero-order valence-electron chi connectivity index (χ0n) is 15.6. The number of anilines is 1. The molecule has 1 heterocycles. The molecule has 0 fully saturated rings. The van der Waals surface area contributed by atoms with E-state index in [-0.39, 0.29) is 0 Å². The van der Waals surface area contributed by atoms with Gasteiger partial charge in [-0.3, -0.25) is 0 Å². The SMILES string of the molecule is C=CC[n+]1c(/C(C)=C/C=C/c2ccc(N(C)C)cc2)sc2ccccc21. The number of benzene rings is 2. The molecule has 2 aromatic carbocycles. The second-order valence-electron chi connectivity index (χ2n) is 6.47. The fourth-order valence-corrected chi connectivity index (χ4v) is 4.05. The molecule has 0 atom stereocenters. The van der Waals surface area contributed by atoms with Crippen LogP contribution in [0.1, 0.15) is 17.5 Å². The van der Waals surface area contributed by atoms with Gasteiger partial charge in [0, 0.05) is 31.4 Å². The Morgan fingerprint density at radius 1 is 1.12 bits per heavy atom. The van der Waals surface area contributed by atoms with Crippen LogP contribution in [0.2, 0.25) is 0 Å². The summed E-state index contributed by atoms with van der Waals surface area (Å²) in [7, 11) is 4.11. The summed E-state index contributed by atoms with van der Waals surface area (Å²) >= 11 is 1.83. The first-order valence-electron chi connectivity index (χ1n) is 8.75. The van der Waals surface area contributed by atoms with E-state index >= 15 is 0 Å². The van der Waals surface area contributed by atoms with E-state index in [0.29, 0.717) is 0 Å². The smallest absolute Gasteiger partial charge is 0.265 e. The highest BCUT2D eigenvalue weighted by atomic mass is 32.1. The number of hydrogen-bond acceptors (Lipinski definition) is 2. The van der Waals surface area contributed by atoms with Crippen molar-refractivity contribution in [1.82, 2.24) is 0 Å². The first-order valence-corrected chi connectivity index (χ1v) is 9.57. The molecule has 26 heavy (non-hydrogen) atoms. The standard InChI is InChI=1S/C23H25N2S/c1-5-17-25-21-11-6-7-12-22(21)26-23(25)18(2)9-8-10-19-13-15-20(16-14-19)24(3)4/h5-16H,1,17H2,2-4H3/q+1. The zero-order valence-corrected chi connectivity index (χ0v) is 16.5. The molecule has 0 amide bonds. The van der Waals surface area contributed by atoms with Gasteiger partial charge in [-0.25, -0.2) is 0 Å². The molecule has 3 rings (SSSR count). The Hall–Kier alpha value is -2.65. The van der Waals surface area contributed by atoms with Gasteiger partial charge in [0.2, 0.25) is 5.52 Å². The maximum atomic E-state index is 3.91. The number of hydrogen-bond donors (Lipinski definition) is 0. The normalized spacial score (nSPS) is 12.0. The zero-order chi connectivity index (χ0) is 18.5. The lowest BCUT2D eigenvalue weighted by atomic mass is 10.1. The molecule has 0 aliphatic heterocycles. The van der Waals surface area contributed by atoms with Crippen molar-refractivity contribution in [3.05, 3.63) is 83.9 Å². The summed E-state index contributed by atoms with van der Waals surface area (Å²) in [4.78, 5) is 2.11. The van der Waals surface area contributed by atoms with Gasteiger partial charge in [0.1, 0.15) is 4.70 Å². The second kappa shape index (κ2) is 8.15. The first kappa shape index (κ1) is 18.2. The second-order valence-corrected chi connectivity index (χ2v) is 7.50. The average molecular weight is 362 g/mol. The predicted molar refractivity (Wildman–Crippen MR) is 116 cm³/mol. The van der Waals surface area contributed by atoms with E-state index in [9.17, 15) is 0 Å². The largest absolute Gasteiger partial charge is 0.378 e. The van der Waals surface area contributed by atoms with E-state index in [1.807, 2.05) is 17.4 Å². The van der Waals surface area contributed by atoms with Crippen molar-refractivity contribution in [1.29, 1.82) is 0 Å². The lowest BCUT2D eigenvalue weighted by molar-refractivity contribution is -0.658. The Balaban J connectivity index is 1.86. The summed E-state index contributed by atoms with van der Waals surface area (Å²) < 4.78 is 3.64. The summed E-state index contributed by atoms with van der Waals surface area (Å²) in [6, 6.07) is 17.1. The minimum atomic E-state index is 0.820. The molecular formula is C23H25N2S+. The average Bonchev–Trinajstić information content (AvgIpc) is 3.01. The molecule has 132 valence electrons. The molecule has 3 aromatic rings. The predicted octanol–water partition coefficient (Wildman–Crippen LogP) is 5.56. The Morgan fingerprint density at radius 2 is 1.85 bits per heavy atom. The van der Waals surface area contributed by atoms with Gasteiger partial charge in [0.15, 0.2) is 6.54 Å². The Kier molecular flexibility index (Phi) is 5.69. The quantitative estimate of drug-likeness (QED) is 0.317. The summed E-state index contributed by atoms with van der Waals surface area (Å²) in [5.74, 6) is 0. The summed E-state index contributed by atoms with van der Waals surface area (Å²) in [6.07, 6.45) is 8.42. The molecule has 0 spiro atoms. The lowest BCUT2D eigenvalue weighted by Gasteiger charge is -2.11. The number of rotatable bonds is 6. The highest BCUT2D eigenvalue weighted by Crippen LogP contribution is 2.25. The molecule has 0 saturated heterocycles. The van der Waals surface area contributed by atoms with Gasteiger partial charge in [0.05, 0.1) is 0 Å². The van der Waals surface area contributed by atoms with E-state index in [1.54, 1.807) is 0 Å². The molecule has 0 N–H and O–H groups in total. The number of fused-ring (bicyclic) bond motifs is 1. The van der Waals surface area contributed by atoms with Crippen LogP contribution in [0.4, 0.5) is 5.69 Å². The van der Waals surface area contributed by atoms with Crippen molar-refractivity contribution >= 4 is 38.9 Å². The monoisotopic (exact) mass is 361 g/mol. The molecule has 0 bridgehead atoms. The van der Waals surface area contributed by atoms with Gasteiger partial charge in [-0.1, -0.05) is 60.4 Å². The van der Waals surface area contributed by atoms with Gasteiger partial charge in [-0.05, 0) is 36.8 Å². The Morgan fingerprint density at radius 3 is 2.54 bits per heavy atom. The minimum absolute atomic E-state index is 0.820. The Labute approximate surface area is 160 Å². The molecule has 0 saturated carbocycles. The van der Waals surface area contributed by atoms with Gasteiger partial charge in [-0.2, -0.15) is 4.57 Å². The summed E-state index contributed by atoms with van der Waals surface area (Å²) in [5.41, 5.74) is 4.94. The van der Waals surface area contributed by atoms with E-state index in [2.05, 4.69) is 104 Å². The third kappa shape index (κ3) is 3.94. The van der Waals surface area contributed by atoms with E-state index in [1.165, 1.54) is 32.0 Å². The molecule has 0 aliphatic carbocycles. The van der Waals surface area contributed by atoms with Crippen LogP contribution in [0.15, 0.2) is 73.3 Å². The maximum absolute atomic E-state index is 3.91. The third-order valence-corrected chi connectivity index (χ3v) is 5.60. The fraction of sp³-hybridized carbons (Fsp3) is 0.174. The molecule has 1 aromatic heterocycles. The van der Waals surface area contributed by atoms with Crippen LogP contribution in [-0.2, 0) is 6.54 Å². The topological polar surface area (TPSA) is 7.12 Å². The number of para-hydroxylation sites is 1. The van der Waals surface area contributed by atoms with Crippen LogP contribution in [0.5, 0.6) is 0 Å². The highest BCUT2D eigenvalue weighted by molar-refractivity contribution is 7.19. The summed E-state index contributed by atoms with van der Waals surface area (Å²) in [6.45, 7) is 6.90. The van der Waals surface area contributed by atoms with E-state index in [4.69, 9.17) is 0 Å². The van der Waals surface area contributed by atoms with Crippen LogP contribution in [0.3, 0.4) is 0 Å². The number of nitrogens with zero attached hydrogens (tertiary/aromatic N) is 2. The molecule has 0 aliphatic rings. The fourth-order valence-electron chi connectivity index (χ4n) is 2.90. The van der Waals surface area contributed by atoms with Crippen LogP contribution >= 0.6 is 11.3 Å².